The molecule has 0 aliphatic rings. The first-order valence-electron chi connectivity index (χ1n) is 10.9. The predicted molar refractivity (Wildman–Crippen MR) is 137 cm³/mol. The molecule has 6 nitrogen and oxygen atoms in total. The average molecular weight is 474 g/mol. The van der Waals surface area contributed by atoms with E-state index in [-0.39, 0.29) is 5.41 Å². The van der Waals surface area contributed by atoms with Gasteiger partial charge in [-0.15, -0.1) is 0 Å². The van der Waals surface area contributed by atoms with Gasteiger partial charge in [-0.3, -0.25) is 0 Å². The number of aromatic nitrogens is 1. The van der Waals surface area contributed by atoms with Gasteiger partial charge in [0.15, 0.2) is 0 Å². The normalized spacial score (nSPS) is 11.0. The highest BCUT2D eigenvalue weighted by atomic mass is 32.1. The Balaban J connectivity index is 1.43. The van der Waals surface area contributed by atoms with Crippen molar-refractivity contribution >= 4 is 28.7 Å². The Morgan fingerprint density at radius 2 is 1.85 bits per heavy atom. The van der Waals surface area contributed by atoms with E-state index >= 15 is 0 Å². The number of amides is 2. The smallest absolute Gasteiger partial charge is 0.323 e. The number of ether oxygens (including phenoxy) is 2. The fourth-order valence-corrected chi connectivity index (χ4v) is 3.99. The zero-order valence-corrected chi connectivity index (χ0v) is 20.2. The standard InChI is InChI=1S/C27H27N3O3S/c1-27(2,3)22-10-4-5-12-24(22)33-25-23(11-7-14-28-25)30-26(31)29-20-8-6-9-21(16-20)32-17-19-13-15-34-18-19/h4-16,18H,17H2,1-3H3,(H2,29,30,31). The molecule has 2 aromatic heterocycles. The molecule has 0 radical (unpaired) electrons. The lowest BCUT2D eigenvalue weighted by Gasteiger charge is -2.22. The molecule has 0 atom stereocenters. The van der Waals surface area contributed by atoms with Crippen LogP contribution in [0.1, 0.15) is 31.9 Å². The number of pyridine rings is 1. The van der Waals surface area contributed by atoms with Crippen LogP contribution in [0.2, 0.25) is 0 Å². The van der Waals surface area contributed by atoms with Crippen LogP contribution in [0.3, 0.4) is 0 Å². The molecule has 0 saturated carbocycles. The van der Waals surface area contributed by atoms with Crippen LogP contribution in [0.15, 0.2) is 83.7 Å². The van der Waals surface area contributed by atoms with E-state index < -0.39 is 6.03 Å². The van der Waals surface area contributed by atoms with Gasteiger partial charge in [0.2, 0.25) is 5.88 Å². The zero-order chi connectivity index (χ0) is 24.0. The second kappa shape index (κ2) is 10.4. The third kappa shape index (κ3) is 6.14. The number of benzene rings is 2. The van der Waals surface area contributed by atoms with Crippen LogP contribution in [0.25, 0.3) is 0 Å². The molecule has 4 rings (SSSR count). The fourth-order valence-electron chi connectivity index (χ4n) is 3.34. The molecule has 4 aromatic rings. The Labute approximate surface area is 203 Å². The van der Waals surface area contributed by atoms with E-state index in [4.69, 9.17) is 9.47 Å². The first-order valence-corrected chi connectivity index (χ1v) is 11.9. The van der Waals surface area contributed by atoms with Gasteiger partial charge in [-0.1, -0.05) is 45.0 Å². The number of carbonyl (C=O) groups is 1. The summed E-state index contributed by atoms with van der Waals surface area (Å²) in [6, 6.07) is 20.2. The Hall–Kier alpha value is -3.84. The number of carbonyl (C=O) groups excluding carboxylic acids is 1. The summed E-state index contributed by atoms with van der Waals surface area (Å²) >= 11 is 1.63. The van der Waals surface area contributed by atoms with Gasteiger partial charge in [0, 0.05) is 23.5 Å². The summed E-state index contributed by atoms with van der Waals surface area (Å²) in [6.07, 6.45) is 1.63. The number of urea groups is 1. The molecule has 2 heterocycles. The quantitative estimate of drug-likeness (QED) is 0.292. The van der Waals surface area contributed by atoms with Gasteiger partial charge < -0.3 is 20.1 Å². The maximum absolute atomic E-state index is 12.7. The van der Waals surface area contributed by atoms with Gasteiger partial charge >= 0.3 is 6.03 Å². The van der Waals surface area contributed by atoms with Crippen molar-refractivity contribution in [1.82, 2.24) is 4.98 Å². The molecular weight excluding hydrogens is 446 g/mol. The first kappa shape index (κ1) is 23.3. The summed E-state index contributed by atoms with van der Waals surface area (Å²) in [4.78, 5) is 17.1. The van der Waals surface area contributed by atoms with Crippen LogP contribution in [0.4, 0.5) is 16.2 Å². The van der Waals surface area contributed by atoms with Crippen LogP contribution < -0.4 is 20.1 Å². The number of hydrogen-bond donors (Lipinski definition) is 2. The number of nitrogens with one attached hydrogen (secondary N) is 2. The first-order chi connectivity index (χ1) is 16.4. The zero-order valence-electron chi connectivity index (χ0n) is 19.4. The van der Waals surface area contributed by atoms with E-state index in [1.807, 2.05) is 53.2 Å². The molecule has 0 aliphatic heterocycles. The number of anilines is 2. The Morgan fingerprint density at radius 1 is 1.00 bits per heavy atom. The Bertz CT molecular complexity index is 1250. The van der Waals surface area contributed by atoms with Gasteiger partial charge in [0.25, 0.3) is 0 Å². The third-order valence-corrected chi connectivity index (χ3v) is 5.73. The Kier molecular flexibility index (Phi) is 7.13. The maximum Gasteiger partial charge on any atom is 0.323 e. The minimum Gasteiger partial charge on any atom is -0.489 e. The maximum atomic E-state index is 12.7. The lowest BCUT2D eigenvalue weighted by Crippen LogP contribution is -2.20. The van der Waals surface area contributed by atoms with E-state index in [9.17, 15) is 4.79 Å². The van der Waals surface area contributed by atoms with Crippen molar-refractivity contribution in [1.29, 1.82) is 0 Å². The summed E-state index contributed by atoms with van der Waals surface area (Å²) in [5, 5.41) is 9.73. The molecular formula is C27H27N3O3S. The lowest BCUT2D eigenvalue weighted by atomic mass is 9.86. The largest absolute Gasteiger partial charge is 0.489 e. The van der Waals surface area contributed by atoms with E-state index in [0.29, 0.717) is 35.4 Å². The predicted octanol–water partition coefficient (Wildman–Crippen LogP) is 7.46. The fraction of sp³-hybridized carbons (Fsp3) is 0.185. The lowest BCUT2D eigenvalue weighted by molar-refractivity contribution is 0.262. The van der Waals surface area contributed by atoms with E-state index in [2.05, 4.69) is 36.4 Å². The summed E-state index contributed by atoms with van der Waals surface area (Å²) in [5.74, 6) is 1.70. The van der Waals surface area contributed by atoms with Crippen LogP contribution in [0.5, 0.6) is 17.4 Å². The van der Waals surface area contributed by atoms with Crippen molar-refractivity contribution in [2.75, 3.05) is 10.6 Å². The molecule has 2 aromatic carbocycles. The van der Waals surface area contributed by atoms with E-state index in [0.717, 1.165) is 11.1 Å². The second-order valence-electron chi connectivity index (χ2n) is 8.73. The van der Waals surface area contributed by atoms with Crippen molar-refractivity contribution in [2.45, 2.75) is 32.8 Å². The summed E-state index contributed by atoms with van der Waals surface area (Å²) in [6.45, 7) is 6.85. The molecule has 0 aliphatic carbocycles. The molecule has 0 bridgehead atoms. The summed E-state index contributed by atoms with van der Waals surface area (Å²) in [5.41, 5.74) is 3.14. The molecule has 174 valence electrons. The molecule has 34 heavy (non-hydrogen) atoms. The highest BCUT2D eigenvalue weighted by Gasteiger charge is 2.20. The molecule has 2 amide bonds. The van der Waals surface area contributed by atoms with Gasteiger partial charge in [0.05, 0.1) is 0 Å². The number of nitrogens with zero attached hydrogens (tertiary/aromatic N) is 1. The molecule has 0 fully saturated rings. The van der Waals surface area contributed by atoms with E-state index in [1.165, 1.54) is 0 Å². The third-order valence-electron chi connectivity index (χ3n) is 5.00. The van der Waals surface area contributed by atoms with Crippen molar-refractivity contribution in [2.24, 2.45) is 0 Å². The van der Waals surface area contributed by atoms with Gasteiger partial charge in [-0.25, -0.2) is 9.78 Å². The van der Waals surface area contributed by atoms with Crippen LogP contribution in [0, 0.1) is 0 Å². The highest BCUT2D eigenvalue weighted by molar-refractivity contribution is 7.07. The Morgan fingerprint density at radius 3 is 2.65 bits per heavy atom. The summed E-state index contributed by atoms with van der Waals surface area (Å²) in [7, 11) is 0. The van der Waals surface area contributed by atoms with Crippen LogP contribution >= 0.6 is 11.3 Å². The molecule has 7 heteroatoms. The number of para-hydroxylation sites is 1. The number of hydrogen-bond acceptors (Lipinski definition) is 5. The minimum atomic E-state index is -0.406. The molecule has 0 unspecified atom stereocenters. The van der Waals surface area contributed by atoms with Gasteiger partial charge in [-0.2, -0.15) is 11.3 Å². The van der Waals surface area contributed by atoms with Crippen molar-refractivity contribution < 1.29 is 14.3 Å². The highest BCUT2D eigenvalue weighted by Crippen LogP contribution is 2.35. The van der Waals surface area contributed by atoms with Crippen molar-refractivity contribution in [3.05, 3.63) is 94.8 Å². The van der Waals surface area contributed by atoms with Gasteiger partial charge in [-0.05, 0) is 58.1 Å². The molecule has 0 spiro atoms. The average Bonchev–Trinajstić information content (AvgIpc) is 3.33. The summed E-state index contributed by atoms with van der Waals surface area (Å²) < 4.78 is 12.0. The van der Waals surface area contributed by atoms with Crippen LogP contribution in [-0.4, -0.2) is 11.0 Å². The number of rotatable bonds is 7. The molecule has 0 saturated heterocycles. The minimum absolute atomic E-state index is 0.104. The van der Waals surface area contributed by atoms with Crippen LogP contribution in [-0.2, 0) is 12.0 Å². The van der Waals surface area contributed by atoms with E-state index in [1.54, 1.807) is 41.8 Å². The number of thiophene rings is 1. The monoisotopic (exact) mass is 473 g/mol. The molecule has 2 N–H and O–H groups in total. The van der Waals surface area contributed by atoms with Crippen molar-refractivity contribution in [3.63, 3.8) is 0 Å². The van der Waals surface area contributed by atoms with Gasteiger partial charge in [0.1, 0.15) is 23.8 Å². The topological polar surface area (TPSA) is 72.5 Å². The van der Waals surface area contributed by atoms with Crippen molar-refractivity contribution in [3.8, 4) is 17.4 Å². The second-order valence-corrected chi connectivity index (χ2v) is 9.51. The SMILES string of the molecule is CC(C)(C)c1ccccc1Oc1ncccc1NC(=O)Nc1cccc(OCc2ccsc2)c1.